The minimum Gasteiger partial charge on any atom is -0.475 e. The van der Waals surface area contributed by atoms with Gasteiger partial charge in [0, 0.05) is 23.3 Å². The summed E-state index contributed by atoms with van der Waals surface area (Å²) in [5.74, 6) is -1.78. The van der Waals surface area contributed by atoms with Gasteiger partial charge in [-0.25, -0.2) is 9.78 Å². The molecule has 0 atom stereocenters. The Labute approximate surface area is 210 Å². The summed E-state index contributed by atoms with van der Waals surface area (Å²) in [6.07, 6.45) is -0.947. The molecule has 0 aliphatic rings. The number of hydrogen-bond donors (Lipinski definition) is 2. The van der Waals surface area contributed by atoms with Crippen LogP contribution < -0.4 is 5.32 Å². The lowest BCUT2D eigenvalue weighted by Gasteiger charge is -2.09. The van der Waals surface area contributed by atoms with Crippen molar-refractivity contribution < 1.29 is 23.1 Å². The predicted molar refractivity (Wildman–Crippen MR) is 133 cm³/mol. The molecule has 5 nitrogen and oxygen atoms in total. The number of aromatic nitrogens is 2. The lowest BCUT2D eigenvalue weighted by molar-refractivity contribution is -0.192. The van der Waals surface area contributed by atoms with Crippen LogP contribution >= 0.6 is 23.2 Å². The minimum absolute atomic E-state index is 0.686. The van der Waals surface area contributed by atoms with Crippen LogP contribution in [0, 0.1) is 0 Å². The molecule has 2 aromatic carbocycles. The van der Waals surface area contributed by atoms with Crippen molar-refractivity contribution in [3.05, 3.63) is 76.9 Å². The van der Waals surface area contributed by atoms with Gasteiger partial charge in [0.05, 0.1) is 5.02 Å². The molecule has 0 aliphatic heterocycles. The standard InChI is InChI=1S/C23H21Cl2N3.C2HF3O2/c1-2-3-13-26-23-22(27-21-12-11-20(25)15-28(21)23)17-9-7-16(8-10-17)18-5-4-6-19(24)14-18;3-2(4,5)1(6)7/h4-12,14-15,26H,2-3,13H2,1H3;(H,6,7). The van der Waals surface area contributed by atoms with Crippen molar-refractivity contribution in [3.63, 3.8) is 0 Å². The number of nitrogens with zero attached hydrogens (tertiary/aromatic N) is 2. The number of unbranched alkanes of at least 4 members (excludes halogenated alkanes) is 1. The number of carbonyl (C=O) groups is 1. The van der Waals surface area contributed by atoms with Crippen LogP contribution in [0.3, 0.4) is 0 Å². The van der Waals surface area contributed by atoms with Crippen molar-refractivity contribution in [2.24, 2.45) is 0 Å². The summed E-state index contributed by atoms with van der Waals surface area (Å²) < 4.78 is 33.8. The van der Waals surface area contributed by atoms with Crippen LogP contribution in [0.4, 0.5) is 19.0 Å². The van der Waals surface area contributed by atoms with Crippen LogP contribution in [0.1, 0.15) is 19.8 Å². The molecule has 0 aliphatic carbocycles. The molecule has 0 fully saturated rings. The molecule has 0 unspecified atom stereocenters. The van der Waals surface area contributed by atoms with Gasteiger partial charge in [-0.05, 0) is 41.8 Å². The van der Waals surface area contributed by atoms with Crippen LogP contribution in [0.25, 0.3) is 28.0 Å². The van der Waals surface area contributed by atoms with E-state index in [4.69, 9.17) is 38.1 Å². The molecular formula is C25H22Cl2F3N3O2. The van der Waals surface area contributed by atoms with Crippen LogP contribution in [-0.2, 0) is 4.79 Å². The fraction of sp³-hybridized carbons (Fsp3) is 0.200. The van der Waals surface area contributed by atoms with E-state index in [9.17, 15) is 13.2 Å². The first-order chi connectivity index (χ1) is 16.6. The van der Waals surface area contributed by atoms with Crippen LogP contribution in [-0.4, -0.2) is 33.2 Å². The van der Waals surface area contributed by atoms with Crippen LogP contribution in [0.5, 0.6) is 0 Å². The number of alkyl halides is 3. The van der Waals surface area contributed by atoms with Gasteiger partial charge in [0.15, 0.2) is 0 Å². The summed E-state index contributed by atoms with van der Waals surface area (Å²) in [7, 11) is 0. The maximum Gasteiger partial charge on any atom is 0.490 e. The highest BCUT2D eigenvalue weighted by Crippen LogP contribution is 2.32. The molecule has 4 rings (SSSR count). The topological polar surface area (TPSA) is 66.6 Å². The third kappa shape index (κ3) is 6.90. The summed E-state index contributed by atoms with van der Waals surface area (Å²) in [6, 6.07) is 20.1. The first kappa shape index (κ1) is 26.4. The number of carboxylic acids is 1. The number of pyridine rings is 1. The smallest absolute Gasteiger partial charge is 0.475 e. The van der Waals surface area contributed by atoms with E-state index in [0.29, 0.717) is 5.02 Å². The molecule has 0 radical (unpaired) electrons. The molecule has 0 amide bonds. The molecule has 10 heteroatoms. The second-order valence-electron chi connectivity index (χ2n) is 7.56. The van der Waals surface area contributed by atoms with E-state index in [0.717, 1.165) is 58.3 Å². The van der Waals surface area contributed by atoms with Gasteiger partial charge in [-0.1, -0.05) is 72.9 Å². The Balaban J connectivity index is 0.000000429. The zero-order valence-corrected chi connectivity index (χ0v) is 20.1. The van der Waals surface area contributed by atoms with E-state index in [-0.39, 0.29) is 0 Å². The molecule has 2 aromatic heterocycles. The zero-order valence-electron chi connectivity index (χ0n) is 18.6. The Bertz CT molecular complexity index is 1310. The summed E-state index contributed by atoms with van der Waals surface area (Å²) in [4.78, 5) is 13.7. The van der Waals surface area contributed by atoms with Gasteiger partial charge >= 0.3 is 12.1 Å². The summed E-state index contributed by atoms with van der Waals surface area (Å²) in [5.41, 5.74) is 5.08. The fourth-order valence-corrected chi connectivity index (χ4v) is 3.61. The van der Waals surface area contributed by atoms with Gasteiger partial charge in [0.2, 0.25) is 0 Å². The van der Waals surface area contributed by atoms with Crippen molar-refractivity contribution in [1.82, 2.24) is 9.38 Å². The number of halogens is 5. The molecule has 0 saturated carbocycles. The number of anilines is 1. The zero-order chi connectivity index (χ0) is 25.6. The van der Waals surface area contributed by atoms with Crippen molar-refractivity contribution in [2.75, 3.05) is 11.9 Å². The lowest BCUT2D eigenvalue weighted by atomic mass is 10.0. The Morgan fingerprint density at radius 1 is 1.00 bits per heavy atom. The van der Waals surface area contributed by atoms with E-state index in [2.05, 4.69) is 42.6 Å². The number of aliphatic carboxylic acids is 1. The monoisotopic (exact) mass is 523 g/mol. The Hall–Kier alpha value is -3.23. The maximum atomic E-state index is 10.6. The number of fused-ring (bicyclic) bond motifs is 1. The van der Waals surface area contributed by atoms with Gasteiger partial charge in [-0.15, -0.1) is 0 Å². The molecule has 0 saturated heterocycles. The minimum atomic E-state index is -5.08. The normalized spacial score (nSPS) is 11.1. The number of benzene rings is 2. The van der Waals surface area contributed by atoms with Gasteiger partial charge in [-0.2, -0.15) is 13.2 Å². The van der Waals surface area contributed by atoms with E-state index in [1.165, 1.54) is 0 Å². The highest BCUT2D eigenvalue weighted by molar-refractivity contribution is 6.31. The predicted octanol–water partition coefficient (Wildman–Crippen LogP) is 7.82. The highest BCUT2D eigenvalue weighted by Gasteiger charge is 2.38. The summed E-state index contributed by atoms with van der Waals surface area (Å²) in [5, 5.41) is 12.1. The largest absolute Gasteiger partial charge is 0.490 e. The Kier molecular flexibility index (Phi) is 8.64. The molecule has 4 aromatic rings. The van der Waals surface area contributed by atoms with E-state index >= 15 is 0 Å². The number of nitrogens with one attached hydrogen (secondary N) is 1. The van der Waals surface area contributed by atoms with Crippen molar-refractivity contribution >= 4 is 40.6 Å². The molecule has 0 spiro atoms. The number of carboxylic acid groups (broad SMARTS) is 1. The number of imidazole rings is 1. The SMILES string of the molecule is CCCCNc1c(-c2ccc(-c3cccc(Cl)c3)cc2)nc2ccc(Cl)cn12.O=C(O)C(F)(F)F. The van der Waals surface area contributed by atoms with Crippen LogP contribution in [0.2, 0.25) is 10.0 Å². The van der Waals surface area contributed by atoms with Gasteiger partial charge in [0.1, 0.15) is 17.2 Å². The third-order valence-corrected chi connectivity index (χ3v) is 5.42. The van der Waals surface area contributed by atoms with Crippen molar-refractivity contribution in [3.8, 4) is 22.4 Å². The quantitative estimate of drug-likeness (QED) is 0.253. The average Bonchev–Trinajstić information content (AvgIpc) is 3.17. The molecule has 184 valence electrons. The van der Waals surface area contributed by atoms with Gasteiger partial charge in [0.25, 0.3) is 0 Å². The molecule has 0 bridgehead atoms. The maximum absolute atomic E-state index is 10.6. The second kappa shape index (κ2) is 11.5. The number of rotatable bonds is 6. The molecule has 2 N–H and O–H groups in total. The van der Waals surface area contributed by atoms with Gasteiger partial charge in [-0.3, -0.25) is 4.40 Å². The first-order valence-corrected chi connectivity index (χ1v) is 11.4. The van der Waals surface area contributed by atoms with Gasteiger partial charge < -0.3 is 10.4 Å². The summed E-state index contributed by atoms with van der Waals surface area (Å²) >= 11 is 12.4. The van der Waals surface area contributed by atoms with E-state index in [1.54, 1.807) is 0 Å². The molecule has 2 heterocycles. The van der Waals surface area contributed by atoms with Crippen LogP contribution in [0.15, 0.2) is 66.9 Å². The Morgan fingerprint density at radius 2 is 1.66 bits per heavy atom. The third-order valence-electron chi connectivity index (χ3n) is 4.96. The second-order valence-corrected chi connectivity index (χ2v) is 8.43. The molecule has 35 heavy (non-hydrogen) atoms. The molecular weight excluding hydrogens is 502 g/mol. The number of hydrogen-bond acceptors (Lipinski definition) is 3. The first-order valence-electron chi connectivity index (χ1n) is 10.7. The van der Waals surface area contributed by atoms with E-state index in [1.807, 2.05) is 40.9 Å². The van der Waals surface area contributed by atoms with E-state index < -0.39 is 12.1 Å². The van der Waals surface area contributed by atoms with Crippen molar-refractivity contribution in [1.29, 1.82) is 0 Å². The average molecular weight is 524 g/mol. The van der Waals surface area contributed by atoms with Crippen molar-refractivity contribution in [2.45, 2.75) is 25.9 Å². The highest BCUT2D eigenvalue weighted by atomic mass is 35.5. The lowest BCUT2D eigenvalue weighted by Crippen LogP contribution is -2.21. The summed E-state index contributed by atoms with van der Waals surface area (Å²) in [6.45, 7) is 3.08. The fourth-order valence-electron chi connectivity index (χ4n) is 3.26. The Morgan fingerprint density at radius 3 is 2.26 bits per heavy atom.